The van der Waals surface area contributed by atoms with Gasteiger partial charge in [0.25, 0.3) is 0 Å². The summed E-state index contributed by atoms with van der Waals surface area (Å²) < 4.78 is 0. The molecule has 1 fully saturated rings. The Hall–Kier alpha value is -0.240. The predicted octanol–water partition coefficient (Wildman–Crippen LogP) is 1.26. The monoisotopic (exact) mass is 144 g/mol. The molecule has 0 aromatic carbocycles. The molecule has 3 aliphatic heterocycles. The molecule has 2 nitrogen and oxygen atoms in total. The standard InChI is InChI=1S/C6H9ClN2/c7-6-5-1-3-9(8-6)4-2-5/h5H,1-4H2. The van der Waals surface area contributed by atoms with E-state index in [9.17, 15) is 0 Å². The summed E-state index contributed by atoms with van der Waals surface area (Å²) in [5.74, 6) is 0.594. The summed E-state index contributed by atoms with van der Waals surface area (Å²) in [6, 6.07) is 0. The minimum absolute atomic E-state index is 0.594. The predicted molar refractivity (Wildman–Crippen MR) is 37.6 cm³/mol. The summed E-state index contributed by atoms with van der Waals surface area (Å²) in [5.41, 5.74) is 0. The number of piperidine rings is 1. The van der Waals surface area contributed by atoms with E-state index in [0.717, 1.165) is 18.3 Å². The molecular weight excluding hydrogens is 136 g/mol. The van der Waals surface area contributed by atoms with Crippen LogP contribution < -0.4 is 0 Å². The molecule has 0 saturated carbocycles. The minimum atomic E-state index is 0.594. The second-order valence-electron chi connectivity index (χ2n) is 2.65. The zero-order chi connectivity index (χ0) is 6.27. The Morgan fingerprint density at radius 1 is 1.44 bits per heavy atom. The lowest BCUT2D eigenvalue weighted by Crippen LogP contribution is -2.38. The first kappa shape index (κ1) is 5.54. The normalized spacial score (nSPS) is 26.8. The van der Waals surface area contributed by atoms with Crippen LogP contribution in [-0.4, -0.2) is 23.3 Å². The van der Waals surface area contributed by atoms with Gasteiger partial charge in [0.05, 0.1) is 0 Å². The van der Waals surface area contributed by atoms with E-state index in [1.807, 2.05) is 0 Å². The van der Waals surface area contributed by atoms with Crippen molar-refractivity contribution in [2.45, 2.75) is 12.8 Å². The van der Waals surface area contributed by atoms with E-state index >= 15 is 0 Å². The average Bonchev–Trinajstić information content (AvgIpc) is 1.90. The van der Waals surface area contributed by atoms with Gasteiger partial charge in [0.2, 0.25) is 0 Å². The van der Waals surface area contributed by atoms with Gasteiger partial charge in [-0.1, -0.05) is 11.6 Å². The van der Waals surface area contributed by atoms with Crippen molar-refractivity contribution in [2.24, 2.45) is 11.0 Å². The summed E-state index contributed by atoms with van der Waals surface area (Å²) in [4.78, 5) is 0. The number of halogens is 1. The van der Waals surface area contributed by atoms with Gasteiger partial charge in [0.1, 0.15) is 5.17 Å². The maximum Gasteiger partial charge on any atom is 0.129 e. The first-order chi connectivity index (χ1) is 4.36. The zero-order valence-corrected chi connectivity index (χ0v) is 5.93. The Balaban J connectivity index is 2.25. The summed E-state index contributed by atoms with van der Waals surface area (Å²) >= 11 is 5.82. The van der Waals surface area contributed by atoms with Gasteiger partial charge >= 0.3 is 0 Å². The maximum absolute atomic E-state index is 5.82. The molecule has 50 valence electrons. The van der Waals surface area contributed by atoms with Crippen molar-refractivity contribution in [3.8, 4) is 0 Å². The summed E-state index contributed by atoms with van der Waals surface area (Å²) in [6.07, 6.45) is 2.42. The molecule has 0 aromatic heterocycles. The largest absolute Gasteiger partial charge is 0.296 e. The average molecular weight is 145 g/mol. The highest BCUT2D eigenvalue weighted by Crippen LogP contribution is 2.26. The molecule has 3 heteroatoms. The number of hydrogen-bond donors (Lipinski definition) is 0. The van der Waals surface area contributed by atoms with Crippen LogP contribution in [0, 0.1) is 5.92 Å². The fourth-order valence-electron chi connectivity index (χ4n) is 1.42. The molecule has 0 spiro atoms. The van der Waals surface area contributed by atoms with Crippen LogP contribution in [0.5, 0.6) is 0 Å². The van der Waals surface area contributed by atoms with E-state index in [1.54, 1.807) is 0 Å². The molecular formula is C6H9ClN2. The van der Waals surface area contributed by atoms with Crippen molar-refractivity contribution in [1.82, 2.24) is 5.01 Å². The second kappa shape index (κ2) is 1.87. The Labute approximate surface area is 59.5 Å². The van der Waals surface area contributed by atoms with Crippen LogP contribution in [0.25, 0.3) is 0 Å². The second-order valence-corrected chi connectivity index (χ2v) is 3.04. The van der Waals surface area contributed by atoms with Gasteiger partial charge in [-0.15, -0.1) is 0 Å². The number of fused-ring (bicyclic) bond motifs is 2. The Morgan fingerprint density at radius 2 is 2.11 bits per heavy atom. The van der Waals surface area contributed by atoms with E-state index in [-0.39, 0.29) is 0 Å². The van der Waals surface area contributed by atoms with Crippen LogP contribution >= 0.6 is 11.6 Å². The van der Waals surface area contributed by atoms with Crippen LogP contribution in [0.2, 0.25) is 0 Å². The van der Waals surface area contributed by atoms with Crippen molar-refractivity contribution in [3.63, 3.8) is 0 Å². The lowest BCUT2D eigenvalue weighted by atomic mass is 9.97. The first-order valence-electron chi connectivity index (χ1n) is 3.35. The lowest BCUT2D eigenvalue weighted by molar-refractivity contribution is 0.194. The number of hydrazone groups is 1. The van der Waals surface area contributed by atoms with Gasteiger partial charge in [-0.2, -0.15) is 5.10 Å². The molecule has 0 radical (unpaired) electrons. The van der Waals surface area contributed by atoms with Crippen LogP contribution in [0.4, 0.5) is 0 Å². The SMILES string of the molecule is ClC1=NN2CCC1CC2. The molecule has 3 aliphatic rings. The minimum Gasteiger partial charge on any atom is -0.296 e. The van der Waals surface area contributed by atoms with Crippen molar-refractivity contribution in [1.29, 1.82) is 0 Å². The molecule has 0 aromatic rings. The van der Waals surface area contributed by atoms with Gasteiger partial charge in [-0.05, 0) is 12.8 Å². The topological polar surface area (TPSA) is 15.6 Å². The highest BCUT2D eigenvalue weighted by molar-refractivity contribution is 6.65. The maximum atomic E-state index is 5.82. The van der Waals surface area contributed by atoms with Gasteiger partial charge in [-0.25, -0.2) is 0 Å². The molecule has 3 heterocycles. The third-order valence-corrected chi connectivity index (χ3v) is 2.43. The molecule has 3 rings (SSSR count). The smallest absolute Gasteiger partial charge is 0.129 e. The van der Waals surface area contributed by atoms with Crippen LogP contribution in [0.3, 0.4) is 0 Å². The summed E-state index contributed by atoms with van der Waals surface area (Å²) in [5, 5.41) is 7.05. The van der Waals surface area contributed by atoms with Crippen molar-refractivity contribution >= 4 is 16.8 Å². The third kappa shape index (κ3) is 0.816. The first-order valence-corrected chi connectivity index (χ1v) is 3.73. The number of rotatable bonds is 0. The molecule has 0 unspecified atom stereocenters. The van der Waals surface area contributed by atoms with Crippen molar-refractivity contribution in [3.05, 3.63) is 0 Å². The summed E-state index contributed by atoms with van der Waals surface area (Å²) in [7, 11) is 0. The van der Waals surface area contributed by atoms with Gasteiger partial charge in [-0.3, -0.25) is 5.01 Å². The van der Waals surface area contributed by atoms with E-state index in [2.05, 4.69) is 10.1 Å². The molecule has 0 atom stereocenters. The van der Waals surface area contributed by atoms with Crippen molar-refractivity contribution in [2.75, 3.05) is 13.1 Å². The van der Waals surface area contributed by atoms with Gasteiger partial charge < -0.3 is 0 Å². The van der Waals surface area contributed by atoms with E-state index < -0.39 is 0 Å². The molecule has 1 saturated heterocycles. The molecule has 9 heavy (non-hydrogen) atoms. The zero-order valence-electron chi connectivity index (χ0n) is 5.18. The highest BCUT2D eigenvalue weighted by Gasteiger charge is 2.27. The van der Waals surface area contributed by atoms with E-state index in [0.29, 0.717) is 5.92 Å². The Morgan fingerprint density at radius 3 is 2.33 bits per heavy atom. The third-order valence-electron chi connectivity index (χ3n) is 2.05. The fourth-order valence-corrected chi connectivity index (χ4v) is 1.75. The Bertz CT molecular complexity index is 147. The fraction of sp³-hybridized carbons (Fsp3) is 0.833. The van der Waals surface area contributed by atoms with Crippen LogP contribution in [0.15, 0.2) is 5.10 Å². The number of nitrogens with zero attached hydrogens (tertiary/aromatic N) is 2. The molecule has 0 N–H and O–H groups in total. The Kier molecular flexibility index (Phi) is 1.15. The van der Waals surface area contributed by atoms with Crippen LogP contribution in [-0.2, 0) is 0 Å². The van der Waals surface area contributed by atoms with Crippen molar-refractivity contribution < 1.29 is 0 Å². The van der Waals surface area contributed by atoms with E-state index in [4.69, 9.17) is 11.6 Å². The molecule has 0 amide bonds. The number of hydrogen-bond acceptors (Lipinski definition) is 2. The van der Waals surface area contributed by atoms with E-state index in [1.165, 1.54) is 12.8 Å². The van der Waals surface area contributed by atoms with Gasteiger partial charge in [0.15, 0.2) is 0 Å². The van der Waals surface area contributed by atoms with Gasteiger partial charge in [0, 0.05) is 19.0 Å². The highest BCUT2D eigenvalue weighted by atomic mass is 35.5. The quantitative estimate of drug-likeness (QED) is 0.500. The summed E-state index contributed by atoms with van der Waals surface area (Å²) in [6.45, 7) is 2.22. The lowest BCUT2D eigenvalue weighted by Gasteiger charge is -2.34. The molecule has 2 bridgehead atoms. The molecule has 0 aliphatic carbocycles. The van der Waals surface area contributed by atoms with Crippen LogP contribution in [0.1, 0.15) is 12.8 Å².